The molecule has 0 radical (unpaired) electrons. The van der Waals surface area contributed by atoms with Crippen LogP contribution in [0.2, 0.25) is 0 Å². The number of hydrogen-bond donors (Lipinski definition) is 2. The van der Waals surface area contributed by atoms with E-state index in [1.165, 1.54) is 0 Å². The molecule has 0 atom stereocenters. The minimum absolute atomic E-state index is 0.277. The third-order valence-electron chi connectivity index (χ3n) is 2.08. The van der Waals surface area contributed by atoms with Gasteiger partial charge in [-0.15, -0.1) is 0 Å². The number of benzene rings is 1. The fraction of sp³-hybridized carbons (Fsp3) is 0. The molecular weight excluding hydrogens is 282 g/mol. The Hall–Kier alpha value is -1.88. The largest absolute Gasteiger partial charge is 0.297 e. The van der Waals surface area contributed by atoms with Crippen molar-refractivity contribution in [2.45, 2.75) is 0 Å². The number of para-hydroxylation sites is 1. The Bertz CT molecular complexity index is 516. The summed E-state index contributed by atoms with van der Waals surface area (Å²) < 4.78 is 0.876. The lowest BCUT2D eigenvalue weighted by Crippen LogP contribution is -2.30. The number of amides is 1. The molecule has 0 aliphatic heterocycles. The average Bonchev–Trinajstić information content (AvgIpc) is 2.38. The van der Waals surface area contributed by atoms with Gasteiger partial charge in [0, 0.05) is 10.7 Å². The van der Waals surface area contributed by atoms with Crippen LogP contribution in [-0.4, -0.2) is 10.9 Å². The third-order valence-corrected chi connectivity index (χ3v) is 2.77. The molecule has 5 heteroatoms. The summed E-state index contributed by atoms with van der Waals surface area (Å²) in [4.78, 5) is 15.6. The van der Waals surface area contributed by atoms with Crippen LogP contribution < -0.4 is 10.9 Å². The number of hydrazine groups is 1. The van der Waals surface area contributed by atoms with Crippen molar-refractivity contribution in [3.63, 3.8) is 0 Å². The van der Waals surface area contributed by atoms with Crippen LogP contribution in [0.5, 0.6) is 0 Å². The molecule has 86 valence electrons. The van der Waals surface area contributed by atoms with Crippen LogP contribution in [0, 0.1) is 0 Å². The van der Waals surface area contributed by atoms with Crippen molar-refractivity contribution in [1.29, 1.82) is 0 Å². The van der Waals surface area contributed by atoms with Gasteiger partial charge < -0.3 is 0 Å². The Morgan fingerprint density at radius 3 is 2.59 bits per heavy atom. The number of carbonyl (C=O) groups excluding carboxylic acids is 1. The molecule has 2 aromatic rings. The third kappa shape index (κ3) is 3.04. The van der Waals surface area contributed by atoms with Gasteiger partial charge in [0.1, 0.15) is 5.69 Å². The van der Waals surface area contributed by atoms with Crippen LogP contribution in [-0.2, 0) is 0 Å². The second-order valence-electron chi connectivity index (χ2n) is 3.27. The molecule has 0 saturated heterocycles. The summed E-state index contributed by atoms with van der Waals surface area (Å²) in [6.45, 7) is 0. The molecular formula is C12H10BrN3O. The van der Waals surface area contributed by atoms with E-state index in [0.29, 0.717) is 5.69 Å². The quantitative estimate of drug-likeness (QED) is 0.855. The van der Waals surface area contributed by atoms with Crippen molar-refractivity contribution in [1.82, 2.24) is 10.4 Å². The van der Waals surface area contributed by atoms with Gasteiger partial charge >= 0.3 is 0 Å². The zero-order chi connectivity index (χ0) is 12.1. The monoisotopic (exact) mass is 291 g/mol. The summed E-state index contributed by atoms with van der Waals surface area (Å²) in [6, 6.07) is 12.7. The normalized spacial score (nSPS) is 9.71. The number of nitrogens with one attached hydrogen (secondary N) is 2. The number of hydrogen-bond acceptors (Lipinski definition) is 3. The number of pyridine rings is 1. The summed E-state index contributed by atoms with van der Waals surface area (Å²) in [7, 11) is 0. The predicted octanol–water partition coefficient (Wildman–Crippen LogP) is 2.60. The molecule has 0 aliphatic rings. The molecule has 2 N–H and O–H groups in total. The molecule has 1 aromatic heterocycles. The predicted molar refractivity (Wildman–Crippen MR) is 69.5 cm³/mol. The van der Waals surface area contributed by atoms with E-state index < -0.39 is 0 Å². The van der Waals surface area contributed by atoms with Gasteiger partial charge in [-0.05, 0) is 40.2 Å². The highest BCUT2D eigenvalue weighted by atomic mass is 79.9. The van der Waals surface area contributed by atoms with Crippen molar-refractivity contribution in [3.8, 4) is 0 Å². The minimum Gasteiger partial charge on any atom is -0.297 e. The van der Waals surface area contributed by atoms with E-state index in [9.17, 15) is 4.79 Å². The van der Waals surface area contributed by atoms with Crippen molar-refractivity contribution < 1.29 is 4.79 Å². The first kappa shape index (κ1) is 11.6. The van der Waals surface area contributed by atoms with Gasteiger partial charge in [-0.25, -0.2) is 0 Å². The Labute approximate surface area is 107 Å². The van der Waals surface area contributed by atoms with Crippen molar-refractivity contribution in [3.05, 3.63) is 58.8 Å². The molecule has 1 heterocycles. The maximum absolute atomic E-state index is 11.7. The van der Waals surface area contributed by atoms with Gasteiger partial charge in [0.05, 0.1) is 5.69 Å². The van der Waals surface area contributed by atoms with E-state index >= 15 is 0 Å². The lowest BCUT2D eigenvalue weighted by Gasteiger charge is -2.09. The second-order valence-corrected chi connectivity index (χ2v) is 4.13. The molecule has 17 heavy (non-hydrogen) atoms. The molecule has 4 nitrogen and oxygen atoms in total. The highest BCUT2D eigenvalue weighted by Crippen LogP contribution is 2.20. The minimum atomic E-state index is -0.277. The Balaban J connectivity index is 2.00. The Morgan fingerprint density at radius 2 is 1.88 bits per heavy atom. The molecule has 2 rings (SSSR count). The fourth-order valence-corrected chi connectivity index (χ4v) is 1.63. The highest BCUT2D eigenvalue weighted by molar-refractivity contribution is 9.10. The van der Waals surface area contributed by atoms with Crippen LogP contribution >= 0.6 is 15.9 Å². The maximum atomic E-state index is 11.7. The first-order valence-corrected chi connectivity index (χ1v) is 5.78. The van der Waals surface area contributed by atoms with Crippen molar-refractivity contribution >= 4 is 27.5 Å². The standard InChI is InChI=1S/C12H10BrN3O/c13-9-5-1-2-6-10(9)15-16-12(17)11-7-3-4-8-14-11/h1-8,15H,(H,16,17). The summed E-state index contributed by atoms with van der Waals surface area (Å²) in [5.41, 5.74) is 6.56. The zero-order valence-electron chi connectivity index (χ0n) is 8.85. The highest BCUT2D eigenvalue weighted by Gasteiger charge is 2.05. The van der Waals surface area contributed by atoms with Crippen LogP contribution in [0.3, 0.4) is 0 Å². The van der Waals surface area contributed by atoms with Crippen LogP contribution in [0.4, 0.5) is 5.69 Å². The van der Waals surface area contributed by atoms with Gasteiger partial charge in [0.2, 0.25) is 0 Å². The second kappa shape index (κ2) is 5.45. The number of halogens is 1. The first-order valence-electron chi connectivity index (χ1n) is 4.99. The van der Waals surface area contributed by atoms with E-state index in [2.05, 4.69) is 31.8 Å². The van der Waals surface area contributed by atoms with Crippen molar-refractivity contribution in [2.24, 2.45) is 0 Å². The van der Waals surface area contributed by atoms with Gasteiger partial charge in [-0.1, -0.05) is 18.2 Å². The molecule has 1 amide bonds. The summed E-state index contributed by atoms with van der Waals surface area (Å²) in [5.74, 6) is -0.277. The zero-order valence-corrected chi connectivity index (χ0v) is 10.4. The summed E-state index contributed by atoms with van der Waals surface area (Å²) in [6.07, 6.45) is 1.58. The molecule has 1 aromatic carbocycles. The number of aromatic nitrogens is 1. The molecule has 0 spiro atoms. The van der Waals surface area contributed by atoms with Crippen LogP contribution in [0.1, 0.15) is 10.5 Å². The fourth-order valence-electron chi connectivity index (χ4n) is 1.25. The van der Waals surface area contributed by atoms with E-state index in [1.54, 1.807) is 24.4 Å². The van der Waals surface area contributed by atoms with E-state index in [1.807, 2.05) is 24.3 Å². The van der Waals surface area contributed by atoms with Crippen LogP contribution in [0.25, 0.3) is 0 Å². The average molecular weight is 292 g/mol. The van der Waals surface area contributed by atoms with Gasteiger partial charge in [0.25, 0.3) is 5.91 Å². The van der Waals surface area contributed by atoms with Gasteiger partial charge in [0.15, 0.2) is 0 Å². The Kier molecular flexibility index (Phi) is 3.72. The van der Waals surface area contributed by atoms with E-state index in [0.717, 1.165) is 10.2 Å². The van der Waals surface area contributed by atoms with E-state index in [4.69, 9.17) is 0 Å². The molecule has 0 fully saturated rings. The number of nitrogens with zero attached hydrogens (tertiary/aromatic N) is 1. The first-order chi connectivity index (χ1) is 8.27. The summed E-state index contributed by atoms with van der Waals surface area (Å²) in [5, 5.41) is 0. The molecule has 0 saturated carbocycles. The SMILES string of the molecule is O=C(NNc1ccccc1Br)c1ccccn1. The lowest BCUT2D eigenvalue weighted by atomic mass is 10.3. The van der Waals surface area contributed by atoms with Gasteiger partial charge in [-0.3, -0.25) is 20.6 Å². The lowest BCUT2D eigenvalue weighted by molar-refractivity contribution is 0.0957. The van der Waals surface area contributed by atoms with Crippen molar-refractivity contribution in [2.75, 3.05) is 5.43 Å². The number of carbonyl (C=O) groups is 1. The molecule has 0 aliphatic carbocycles. The smallest absolute Gasteiger partial charge is 0.288 e. The van der Waals surface area contributed by atoms with Crippen LogP contribution in [0.15, 0.2) is 53.1 Å². The summed E-state index contributed by atoms with van der Waals surface area (Å²) >= 11 is 3.37. The van der Waals surface area contributed by atoms with E-state index in [-0.39, 0.29) is 5.91 Å². The molecule has 0 bridgehead atoms. The number of rotatable bonds is 3. The maximum Gasteiger partial charge on any atom is 0.288 e. The topological polar surface area (TPSA) is 54.0 Å². The number of anilines is 1. The molecule has 0 unspecified atom stereocenters. The van der Waals surface area contributed by atoms with Gasteiger partial charge in [-0.2, -0.15) is 0 Å². The Morgan fingerprint density at radius 1 is 1.12 bits per heavy atom.